The van der Waals surface area contributed by atoms with Gasteiger partial charge in [-0.15, -0.1) is 0 Å². The highest BCUT2D eigenvalue weighted by atomic mass is 32.2. The van der Waals surface area contributed by atoms with E-state index in [0.717, 1.165) is 31.2 Å². The number of hydrogen-bond acceptors (Lipinski definition) is 4. The van der Waals surface area contributed by atoms with Gasteiger partial charge in [0.15, 0.2) is 0 Å². The van der Waals surface area contributed by atoms with Crippen LogP contribution < -0.4 is 14.4 Å². The van der Waals surface area contributed by atoms with Crippen LogP contribution in [-0.2, 0) is 16.4 Å². The summed E-state index contributed by atoms with van der Waals surface area (Å²) in [6.45, 7) is 0.400. The lowest BCUT2D eigenvalue weighted by molar-refractivity contribution is 0.0927. The van der Waals surface area contributed by atoms with E-state index in [1.807, 2.05) is 24.3 Å². The van der Waals surface area contributed by atoms with E-state index in [1.54, 1.807) is 6.07 Å². The van der Waals surface area contributed by atoms with Gasteiger partial charge in [0.25, 0.3) is 15.9 Å². The minimum atomic E-state index is -3.78. The van der Waals surface area contributed by atoms with Gasteiger partial charge < -0.3 is 10.1 Å². The van der Waals surface area contributed by atoms with Gasteiger partial charge in [0.2, 0.25) is 0 Å². The maximum Gasteiger partial charge on any atom is 0.264 e. The predicted octanol–water partition coefficient (Wildman–Crippen LogP) is 4.29. The van der Waals surface area contributed by atoms with Crippen molar-refractivity contribution in [2.75, 3.05) is 18.0 Å². The first kappa shape index (κ1) is 21.7. The van der Waals surface area contributed by atoms with Crippen LogP contribution in [0, 0.1) is 0 Å². The van der Waals surface area contributed by atoms with Crippen LogP contribution in [-0.4, -0.2) is 34.0 Å². The van der Waals surface area contributed by atoms with Crippen molar-refractivity contribution in [2.45, 2.75) is 62.3 Å². The van der Waals surface area contributed by atoms with Crippen molar-refractivity contribution in [2.24, 2.45) is 0 Å². The lowest BCUT2D eigenvalue weighted by Crippen LogP contribution is -2.35. The Hall–Kier alpha value is -2.54. The Balaban J connectivity index is 1.60. The molecule has 1 saturated carbocycles. The number of hydrogen-bond donors (Lipinski definition) is 1. The van der Waals surface area contributed by atoms with E-state index in [0.29, 0.717) is 24.4 Å². The van der Waals surface area contributed by atoms with Crippen molar-refractivity contribution in [3.05, 3.63) is 53.6 Å². The number of rotatable bonds is 5. The molecule has 31 heavy (non-hydrogen) atoms. The molecule has 0 saturated heterocycles. The van der Waals surface area contributed by atoms with Gasteiger partial charge in [-0.05, 0) is 49.1 Å². The number of carbonyl (C=O) groups is 1. The predicted molar refractivity (Wildman–Crippen MR) is 121 cm³/mol. The van der Waals surface area contributed by atoms with Crippen molar-refractivity contribution in [3.8, 4) is 5.75 Å². The highest BCUT2D eigenvalue weighted by Gasteiger charge is 2.31. The first-order valence-corrected chi connectivity index (χ1v) is 12.5. The zero-order valence-corrected chi connectivity index (χ0v) is 18.8. The summed E-state index contributed by atoms with van der Waals surface area (Å²) in [5.74, 6) is 0.102. The molecule has 166 valence electrons. The maximum atomic E-state index is 13.4. The van der Waals surface area contributed by atoms with Crippen LogP contribution in [0.5, 0.6) is 5.75 Å². The van der Waals surface area contributed by atoms with Gasteiger partial charge in [-0.1, -0.05) is 50.3 Å². The number of sulfonamides is 1. The summed E-state index contributed by atoms with van der Waals surface area (Å²) in [5, 5.41) is 3.11. The van der Waals surface area contributed by atoms with E-state index in [1.165, 1.54) is 42.8 Å². The Labute approximate surface area is 184 Å². The number of anilines is 1. The van der Waals surface area contributed by atoms with E-state index in [-0.39, 0.29) is 22.4 Å². The van der Waals surface area contributed by atoms with E-state index in [9.17, 15) is 13.2 Å². The summed E-state index contributed by atoms with van der Waals surface area (Å²) in [5.41, 5.74) is 1.98. The second kappa shape index (κ2) is 9.30. The third-order valence-corrected chi connectivity index (χ3v) is 8.10. The molecule has 1 fully saturated rings. The maximum absolute atomic E-state index is 13.4. The average Bonchev–Trinajstić information content (AvgIpc) is 3.20. The molecule has 0 bridgehead atoms. The monoisotopic (exact) mass is 442 g/mol. The number of carbonyl (C=O) groups excluding carboxylic acids is 1. The minimum Gasteiger partial charge on any atom is -0.496 e. The number of ether oxygens (including phenoxy) is 1. The second-order valence-electron chi connectivity index (χ2n) is 8.33. The minimum absolute atomic E-state index is 0.104. The summed E-state index contributed by atoms with van der Waals surface area (Å²) >= 11 is 0. The Kier molecular flexibility index (Phi) is 6.51. The molecule has 0 spiro atoms. The molecule has 2 aromatic rings. The molecular formula is C24H30N2O4S. The summed E-state index contributed by atoms with van der Waals surface area (Å²) in [6, 6.07) is 12.2. The highest BCUT2D eigenvalue weighted by molar-refractivity contribution is 7.92. The fourth-order valence-electron chi connectivity index (χ4n) is 4.57. The van der Waals surface area contributed by atoms with Crippen molar-refractivity contribution in [3.63, 3.8) is 0 Å². The van der Waals surface area contributed by atoms with Crippen LogP contribution in [0.2, 0.25) is 0 Å². The van der Waals surface area contributed by atoms with Crippen molar-refractivity contribution >= 4 is 21.6 Å². The smallest absolute Gasteiger partial charge is 0.264 e. The summed E-state index contributed by atoms with van der Waals surface area (Å²) in [7, 11) is -2.29. The summed E-state index contributed by atoms with van der Waals surface area (Å²) in [6.07, 6.45) is 8.44. The van der Waals surface area contributed by atoms with Crippen LogP contribution in [0.1, 0.15) is 60.9 Å². The number of amides is 1. The van der Waals surface area contributed by atoms with Crippen molar-refractivity contribution in [1.29, 1.82) is 0 Å². The lowest BCUT2D eigenvalue weighted by atomic mass is 9.96. The molecule has 0 radical (unpaired) electrons. The second-order valence-corrected chi connectivity index (χ2v) is 10.2. The van der Waals surface area contributed by atoms with Crippen molar-refractivity contribution in [1.82, 2.24) is 5.32 Å². The first-order chi connectivity index (χ1) is 15.0. The van der Waals surface area contributed by atoms with Crippen molar-refractivity contribution < 1.29 is 17.9 Å². The van der Waals surface area contributed by atoms with E-state index < -0.39 is 10.0 Å². The van der Waals surface area contributed by atoms with E-state index >= 15 is 0 Å². The number of benzene rings is 2. The molecule has 6 nitrogen and oxygen atoms in total. The largest absolute Gasteiger partial charge is 0.496 e. The molecule has 4 rings (SSSR count). The Morgan fingerprint density at radius 1 is 1.03 bits per heavy atom. The van der Waals surface area contributed by atoms with Gasteiger partial charge in [0, 0.05) is 12.6 Å². The Morgan fingerprint density at radius 3 is 2.48 bits per heavy atom. The topological polar surface area (TPSA) is 75.7 Å². The van der Waals surface area contributed by atoms with Crippen LogP contribution in [0.15, 0.2) is 47.4 Å². The normalized spacial score (nSPS) is 17.5. The number of methoxy groups -OCH3 is 1. The van der Waals surface area contributed by atoms with Crippen LogP contribution in [0.3, 0.4) is 0 Å². The van der Waals surface area contributed by atoms with Gasteiger partial charge in [0.1, 0.15) is 5.75 Å². The number of nitrogens with zero attached hydrogens (tertiary/aromatic N) is 1. The molecule has 1 N–H and O–H groups in total. The van der Waals surface area contributed by atoms with Gasteiger partial charge in [0.05, 0.1) is 23.3 Å². The zero-order valence-electron chi connectivity index (χ0n) is 18.0. The molecule has 1 aliphatic heterocycles. The molecule has 0 aromatic heterocycles. The molecule has 7 heteroatoms. The number of fused-ring (bicyclic) bond motifs is 1. The molecule has 1 aliphatic carbocycles. The van der Waals surface area contributed by atoms with Gasteiger partial charge >= 0.3 is 0 Å². The Bertz CT molecular complexity index is 1040. The quantitative estimate of drug-likeness (QED) is 0.750. The number of para-hydroxylation sites is 1. The first-order valence-electron chi connectivity index (χ1n) is 11.1. The van der Waals surface area contributed by atoms with Crippen LogP contribution >= 0.6 is 0 Å². The molecule has 2 aromatic carbocycles. The van der Waals surface area contributed by atoms with Gasteiger partial charge in [-0.25, -0.2) is 8.42 Å². The van der Waals surface area contributed by atoms with Crippen LogP contribution in [0.4, 0.5) is 5.69 Å². The zero-order chi connectivity index (χ0) is 21.8. The molecular weight excluding hydrogens is 412 g/mol. The fraction of sp³-hybridized carbons (Fsp3) is 0.458. The lowest BCUT2D eigenvalue weighted by Gasteiger charge is -2.23. The standard InChI is InChI=1S/C24H30N2O4S/c1-30-23-14-13-20(31(28,29)26-16-15-18-9-7-8-12-22(18)26)17-21(23)24(27)25-19-10-5-3-2-4-6-11-19/h7-9,12-14,17,19H,2-6,10-11,15-16H2,1H3,(H,25,27). The fourth-order valence-corrected chi connectivity index (χ4v) is 6.10. The molecule has 2 aliphatic rings. The third-order valence-electron chi connectivity index (χ3n) is 6.29. The summed E-state index contributed by atoms with van der Waals surface area (Å²) in [4.78, 5) is 13.2. The summed E-state index contributed by atoms with van der Waals surface area (Å²) < 4.78 is 33.6. The Morgan fingerprint density at radius 2 is 1.74 bits per heavy atom. The number of nitrogens with one attached hydrogen (secondary N) is 1. The third kappa shape index (κ3) is 4.56. The highest BCUT2D eigenvalue weighted by Crippen LogP contribution is 2.34. The molecule has 0 atom stereocenters. The van der Waals surface area contributed by atoms with Crippen LogP contribution in [0.25, 0.3) is 0 Å². The SMILES string of the molecule is COc1ccc(S(=O)(=O)N2CCc3ccccc32)cc1C(=O)NC1CCCCCCC1. The van der Waals surface area contributed by atoms with E-state index in [2.05, 4.69) is 5.32 Å². The van der Waals surface area contributed by atoms with Gasteiger partial charge in [-0.3, -0.25) is 9.10 Å². The molecule has 1 heterocycles. The van der Waals surface area contributed by atoms with Gasteiger partial charge in [-0.2, -0.15) is 0 Å². The van der Waals surface area contributed by atoms with E-state index in [4.69, 9.17) is 4.74 Å². The average molecular weight is 443 g/mol. The molecule has 1 amide bonds. The molecule has 0 unspecified atom stereocenters.